The van der Waals surface area contributed by atoms with Crippen molar-refractivity contribution in [2.45, 2.75) is 6.42 Å². The summed E-state index contributed by atoms with van der Waals surface area (Å²) in [5, 5.41) is 18.7. The van der Waals surface area contributed by atoms with E-state index in [9.17, 15) is 14.9 Å². The first kappa shape index (κ1) is 11.2. The Kier molecular flexibility index (Phi) is 3.42. The maximum absolute atomic E-state index is 10.7. The minimum Gasteiger partial charge on any atom is -0.287 e. The first-order valence-corrected chi connectivity index (χ1v) is 4.38. The molecule has 76 valence electrons. The van der Waals surface area contributed by atoms with E-state index in [4.69, 9.17) is 5.26 Å². The van der Waals surface area contributed by atoms with Crippen molar-refractivity contribution in [3.05, 3.63) is 39.4 Å². The van der Waals surface area contributed by atoms with Crippen LogP contribution < -0.4 is 0 Å². The van der Waals surface area contributed by atoms with Gasteiger partial charge in [0, 0.05) is 18.1 Å². The molecule has 0 aliphatic carbocycles. The van der Waals surface area contributed by atoms with Crippen molar-refractivity contribution in [2.24, 2.45) is 0 Å². The molecular formula is C9H6N2O3S. The molecule has 1 rings (SSSR count). The zero-order valence-electron chi connectivity index (χ0n) is 7.51. The van der Waals surface area contributed by atoms with Crippen LogP contribution in [0.1, 0.15) is 11.1 Å². The number of hydrogen-bond acceptors (Lipinski definition) is 4. The first-order valence-electron chi connectivity index (χ1n) is 3.94. The highest BCUT2D eigenvalue weighted by Crippen LogP contribution is 2.21. The van der Waals surface area contributed by atoms with Gasteiger partial charge in [0.1, 0.15) is 0 Å². The average molecular weight is 222 g/mol. The highest BCUT2D eigenvalue weighted by molar-refractivity contribution is 7.96. The lowest BCUT2D eigenvalue weighted by molar-refractivity contribution is -0.385. The van der Waals surface area contributed by atoms with E-state index in [2.05, 4.69) is 12.6 Å². The number of nitrogens with zero attached hydrogens (tertiary/aromatic N) is 2. The molecular weight excluding hydrogens is 216 g/mol. The third-order valence-corrected chi connectivity index (χ3v) is 1.91. The van der Waals surface area contributed by atoms with Crippen LogP contribution in [0.4, 0.5) is 5.69 Å². The predicted molar refractivity (Wildman–Crippen MR) is 55.5 cm³/mol. The van der Waals surface area contributed by atoms with Crippen LogP contribution >= 0.6 is 12.6 Å². The lowest BCUT2D eigenvalue weighted by Gasteiger charge is -1.99. The van der Waals surface area contributed by atoms with E-state index in [0.29, 0.717) is 0 Å². The Morgan fingerprint density at radius 1 is 1.60 bits per heavy atom. The van der Waals surface area contributed by atoms with E-state index >= 15 is 0 Å². The summed E-state index contributed by atoms with van der Waals surface area (Å²) in [7, 11) is 0. The van der Waals surface area contributed by atoms with Gasteiger partial charge in [-0.1, -0.05) is 6.07 Å². The second-order valence-electron chi connectivity index (χ2n) is 2.78. The van der Waals surface area contributed by atoms with Crippen molar-refractivity contribution in [2.75, 3.05) is 0 Å². The third kappa shape index (κ3) is 2.79. The van der Waals surface area contributed by atoms with Gasteiger partial charge in [0.15, 0.2) is 5.12 Å². The zero-order chi connectivity index (χ0) is 11.4. The van der Waals surface area contributed by atoms with E-state index in [1.165, 1.54) is 12.1 Å². The van der Waals surface area contributed by atoms with Crippen LogP contribution in [-0.2, 0) is 11.2 Å². The Bertz CT molecular complexity index is 465. The number of carbonyl (C=O) groups excluding carboxylic acids is 1. The number of nitro benzene ring substituents is 1. The fourth-order valence-electron chi connectivity index (χ4n) is 1.12. The topological polar surface area (TPSA) is 84.0 Å². The monoisotopic (exact) mass is 222 g/mol. The second-order valence-corrected chi connectivity index (χ2v) is 3.28. The fourth-order valence-corrected chi connectivity index (χ4v) is 1.29. The number of nitro groups is 1. The summed E-state index contributed by atoms with van der Waals surface area (Å²) in [6.07, 6.45) is -0.120. The molecule has 0 aromatic heterocycles. The summed E-state index contributed by atoms with van der Waals surface area (Å²) in [5.74, 6) is 0. The van der Waals surface area contributed by atoms with Gasteiger partial charge in [0.25, 0.3) is 5.69 Å². The molecule has 0 bridgehead atoms. The van der Waals surface area contributed by atoms with Crippen molar-refractivity contribution >= 4 is 23.4 Å². The van der Waals surface area contributed by atoms with E-state index in [1.807, 2.05) is 0 Å². The molecule has 0 radical (unpaired) electrons. The van der Waals surface area contributed by atoms with Gasteiger partial charge < -0.3 is 0 Å². The third-order valence-electron chi connectivity index (χ3n) is 1.75. The molecule has 5 nitrogen and oxygen atoms in total. The maximum atomic E-state index is 10.7. The minimum absolute atomic E-state index is 0.120. The number of rotatable bonds is 3. The Morgan fingerprint density at radius 3 is 2.73 bits per heavy atom. The lowest BCUT2D eigenvalue weighted by atomic mass is 10.1. The van der Waals surface area contributed by atoms with E-state index in [0.717, 1.165) is 6.07 Å². The zero-order valence-corrected chi connectivity index (χ0v) is 8.40. The normalized spacial score (nSPS) is 9.33. The van der Waals surface area contributed by atoms with Gasteiger partial charge in [-0.25, -0.2) is 0 Å². The highest BCUT2D eigenvalue weighted by Gasteiger charge is 2.15. The van der Waals surface area contributed by atoms with E-state index in [1.54, 1.807) is 6.07 Å². The Balaban J connectivity index is 3.22. The molecule has 0 aliphatic heterocycles. The molecule has 6 heteroatoms. The van der Waals surface area contributed by atoms with Gasteiger partial charge in [-0.15, -0.1) is 12.6 Å². The summed E-state index contributed by atoms with van der Waals surface area (Å²) in [6.45, 7) is 0. The van der Waals surface area contributed by atoms with Crippen LogP contribution in [0.2, 0.25) is 0 Å². The molecule has 0 heterocycles. The Morgan fingerprint density at radius 2 is 2.27 bits per heavy atom. The Labute approximate surface area is 90.9 Å². The summed E-state index contributed by atoms with van der Waals surface area (Å²) < 4.78 is 0. The predicted octanol–water partition coefficient (Wildman–Crippen LogP) is 1.47. The molecule has 0 atom stereocenters. The van der Waals surface area contributed by atoms with Gasteiger partial charge in [0.05, 0.1) is 16.6 Å². The molecule has 0 saturated heterocycles. The first-order chi connectivity index (χ1) is 7.04. The molecule has 15 heavy (non-hydrogen) atoms. The molecule has 0 aliphatic rings. The number of nitriles is 1. The van der Waals surface area contributed by atoms with Crippen LogP contribution in [0.15, 0.2) is 18.2 Å². The maximum Gasteiger partial charge on any atom is 0.274 e. The fraction of sp³-hybridized carbons (Fsp3) is 0.111. The van der Waals surface area contributed by atoms with Crippen molar-refractivity contribution in [1.29, 1.82) is 5.26 Å². The summed E-state index contributed by atoms with van der Waals surface area (Å²) in [6, 6.07) is 5.76. The molecule has 0 amide bonds. The van der Waals surface area contributed by atoms with Crippen LogP contribution in [0.25, 0.3) is 0 Å². The number of thiol groups is 1. The largest absolute Gasteiger partial charge is 0.287 e. The van der Waals surface area contributed by atoms with E-state index in [-0.39, 0.29) is 23.2 Å². The molecule has 0 fully saturated rings. The van der Waals surface area contributed by atoms with Crippen LogP contribution in [-0.4, -0.2) is 10.0 Å². The highest BCUT2D eigenvalue weighted by atomic mass is 32.1. The van der Waals surface area contributed by atoms with Gasteiger partial charge in [-0.3, -0.25) is 14.9 Å². The van der Waals surface area contributed by atoms with Gasteiger partial charge in [0.2, 0.25) is 0 Å². The second kappa shape index (κ2) is 4.57. The molecule has 1 aromatic rings. The molecule has 0 unspecified atom stereocenters. The summed E-state index contributed by atoms with van der Waals surface area (Å²) in [4.78, 5) is 20.7. The van der Waals surface area contributed by atoms with Gasteiger partial charge in [-0.2, -0.15) is 5.26 Å². The number of carbonyl (C=O) groups is 1. The molecule has 0 spiro atoms. The van der Waals surface area contributed by atoms with Crippen molar-refractivity contribution in [1.82, 2.24) is 0 Å². The lowest BCUT2D eigenvalue weighted by Crippen LogP contribution is -2.00. The average Bonchev–Trinajstić information content (AvgIpc) is 2.17. The summed E-state index contributed by atoms with van der Waals surface area (Å²) >= 11 is 3.55. The molecule has 0 saturated carbocycles. The van der Waals surface area contributed by atoms with Crippen LogP contribution in [0.3, 0.4) is 0 Å². The van der Waals surface area contributed by atoms with Crippen molar-refractivity contribution < 1.29 is 9.72 Å². The Hall–Kier alpha value is -1.87. The quantitative estimate of drug-likeness (QED) is 0.476. The van der Waals surface area contributed by atoms with Crippen molar-refractivity contribution in [3.8, 4) is 6.07 Å². The minimum atomic E-state index is -0.618. The summed E-state index contributed by atoms with van der Waals surface area (Å²) in [5.41, 5.74) is 0.229. The van der Waals surface area contributed by atoms with Gasteiger partial charge >= 0.3 is 0 Å². The number of hydrogen-bond donors (Lipinski definition) is 1. The van der Waals surface area contributed by atoms with Crippen molar-refractivity contribution in [3.63, 3.8) is 0 Å². The van der Waals surface area contributed by atoms with Gasteiger partial charge in [-0.05, 0) is 6.07 Å². The molecule has 0 N–H and O–H groups in total. The molecule has 1 aromatic carbocycles. The smallest absolute Gasteiger partial charge is 0.274 e. The van der Waals surface area contributed by atoms with Crippen LogP contribution in [0.5, 0.6) is 0 Å². The number of benzene rings is 1. The standard InChI is InChI=1S/C9H6N2O3S/c10-5-6-1-2-7(4-9(12)15)8(3-6)11(13)14/h1-3H,4H2,(H,12,15). The SMILES string of the molecule is N#Cc1ccc(CC(=O)S)c([N+](=O)[O-])c1. The van der Waals surface area contributed by atoms with E-state index < -0.39 is 10.0 Å². The van der Waals surface area contributed by atoms with Crippen LogP contribution in [0, 0.1) is 21.4 Å².